The van der Waals surface area contributed by atoms with E-state index < -0.39 is 0 Å². The molecule has 0 aliphatic rings. The molecule has 0 radical (unpaired) electrons. The van der Waals surface area contributed by atoms with Gasteiger partial charge in [-0.15, -0.1) is 12.4 Å². The highest BCUT2D eigenvalue weighted by Gasteiger charge is 2.12. The van der Waals surface area contributed by atoms with Crippen molar-refractivity contribution in [1.82, 2.24) is 0 Å². The van der Waals surface area contributed by atoms with E-state index >= 15 is 0 Å². The van der Waals surface area contributed by atoms with Crippen molar-refractivity contribution in [1.29, 1.82) is 0 Å². The smallest absolute Gasteiger partial charge is 0.307 e. The molecule has 1 aromatic rings. The number of esters is 1. The molecule has 0 saturated heterocycles. The minimum Gasteiger partial charge on any atom is -0.466 e. The number of hydrogen-bond acceptors (Lipinski definition) is 4. The van der Waals surface area contributed by atoms with Crippen LogP contribution < -0.4 is 10.6 Å². The van der Waals surface area contributed by atoms with Gasteiger partial charge in [0.05, 0.1) is 13.0 Å². The highest BCUT2D eigenvalue weighted by molar-refractivity contribution is 5.85. The summed E-state index contributed by atoms with van der Waals surface area (Å²) in [4.78, 5) is 13.6. The second-order valence-electron chi connectivity index (χ2n) is 4.38. The molecule has 0 aliphatic carbocycles. The first-order chi connectivity index (χ1) is 9.12. The van der Waals surface area contributed by atoms with E-state index in [9.17, 15) is 4.79 Å². The summed E-state index contributed by atoms with van der Waals surface area (Å²) >= 11 is 0. The fourth-order valence-corrected chi connectivity index (χ4v) is 2.04. The zero-order valence-corrected chi connectivity index (χ0v) is 13.3. The van der Waals surface area contributed by atoms with E-state index in [-0.39, 0.29) is 30.8 Å². The number of hydrogen-bond donors (Lipinski definition) is 1. The summed E-state index contributed by atoms with van der Waals surface area (Å²) < 4.78 is 4.90. The average molecular weight is 301 g/mol. The summed E-state index contributed by atoms with van der Waals surface area (Å²) in [7, 11) is 0. The molecule has 0 aliphatic heterocycles. The Balaban J connectivity index is 0.00000361. The Kier molecular flexibility index (Phi) is 9.01. The summed E-state index contributed by atoms with van der Waals surface area (Å²) in [5.74, 6) is -0.247. The Morgan fingerprint density at radius 1 is 1.20 bits per heavy atom. The van der Waals surface area contributed by atoms with Gasteiger partial charge in [-0.05, 0) is 38.5 Å². The predicted molar refractivity (Wildman–Crippen MR) is 85.4 cm³/mol. The van der Waals surface area contributed by atoms with E-state index in [2.05, 4.69) is 18.7 Å². The van der Waals surface area contributed by atoms with Gasteiger partial charge in [0, 0.05) is 24.8 Å². The lowest BCUT2D eigenvalue weighted by atomic mass is 10.0. The number of benzene rings is 1. The van der Waals surface area contributed by atoms with Crippen LogP contribution in [0.15, 0.2) is 24.3 Å². The summed E-state index contributed by atoms with van der Waals surface area (Å²) in [6.45, 7) is 8.40. The molecule has 0 aromatic heterocycles. The first-order valence-corrected chi connectivity index (χ1v) is 6.88. The van der Waals surface area contributed by atoms with Gasteiger partial charge in [0.1, 0.15) is 0 Å². The van der Waals surface area contributed by atoms with E-state index in [1.54, 1.807) is 6.92 Å². The zero-order chi connectivity index (χ0) is 14.3. The zero-order valence-electron chi connectivity index (χ0n) is 12.5. The lowest BCUT2D eigenvalue weighted by Crippen LogP contribution is -2.22. The molecule has 0 fully saturated rings. The molecule has 0 amide bonds. The van der Waals surface area contributed by atoms with E-state index in [4.69, 9.17) is 10.5 Å². The third kappa shape index (κ3) is 5.39. The van der Waals surface area contributed by atoms with Crippen molar-refractivity contribution in [3.63, 3.8) is 0 Å². The molecule has 0 saturated carbocycles. The van der Waals surface area contributed by atoms with Gasteiger partial charge in [-0.2, -0.15) is 0 Å². The van der Waals surface area contributed by atoms with Gasteiger partial charge < -0.3 is 15.4 Å². The van der Waals surface area contributed by atoms with Gasteiger partial charge in [0.2, 0.25) is 0 Å². The van der Waals surface area contributed by atoms with Crippen LogP contribution in [0.2, 0.25) is 0 Å². The molecule has 0 spiro atoms. The number of halogens is 1. The number of ether oxygens (including phenoxy) is 1. The second-order valence-corrected chi connectivity index (χ2v) is 4.38. The van der Waals surface area contributed by atoms with Gasteiger partial charge in [-0.3, -0.25) is 4.79 Å². The van der Waals surface area contributed by atoms with Crippen LogP contribution in [0.5, 0.6) is 0 Å². The van der Waals surface area contributed by atoms with Crippen molar-refractivity contribution in [3.8, 4) is 0 Å². The Bertz CT molecular complexity index is 391. The van der Waals surface area contributed by atoms with Crippen LogP contribution in [-0.4, -0.2) is 25.7 Å². The van der Waals surface area contributed by atoms with Crippen LogP contribution in [0.4, 0.5) is 5.69 Å². The highest BCUT2D eigenvalue weighted by atomic mass is 35.5. The lowest BCUT2D eigenvalue weighted by Gasteiger charge is -2.21. The molecule has 0 unspecified atom stereocenters. The number of carbonyl (C=O) groups is 1. The third-order valence-electron chi connectivity index (χ3n) is 3.14. The molecule has 5 heteroatoms. The Morgan fingerprint density at radius 2 is 1.75 bits per heavy atom. The Labute approximate surface area is 127 Å². The number of anilines is 1. The maximum absolute atomic E-state index is 11.4. The normalized spacial score (nSPS) is 11.4. The van der Waals surface area contributed by atoms with Crippen molar-refractivity contribution in [2.75, 3.05) is 24.6 Å². The Morgan fingerprint density at radius 3 is 2.20 bits per heavy atom. The monoisotopic (exact) mass is 300 g/mol. The molecule has 0 bridgehead atoms. The standard InChI is InChI=1S/C15H24N2O2.ClH/c1-4-17(5-2)13-9-7-12(8-10-13)14(16)11-15(18)19-6-3;/h7-10,14H,4-6,11,16H2,1-3H3;1H/t14-;/m1./s1. The SMILES string of the molecule is CCOC(=O)C[C@@H](N)c1ccc(N(CC)CC)cc1.Cl. The molecule has 1 aromatic carbocycles. The molecule has 0 heterocycles. The van der Waals surface area contributed by atoms with Gasteiger partial charge in [0.15, 0.2) is 0 Å². The summed E-state index contributed by atoms with van der Waals surface area (Å²) in [5, 5.41) is 0. The molecule has 1 atom stereocenters. The average Bonchev–Trinajstić information content (AvgIpc) is 2.41. The molecule has 2 N–H and O–H groups in total. The van der Waals surface area contributed by atoms with E-state index in [0.29, 0.717) is 6.61 Å². The van der Waals surface area contributed by atoms with Gasteiger partial charge >= 0.3 is 5.97 Å². The Hall–Kier alpha value is -1.26. The maximum Gasteiger partial charge on any atom is 0.307 e. The minimum atomic E-state index is -0.301. The molecule has 1 rings (SSSR count). The second kappa shape index (κ2) is 9.61. The van der Waals surface area contributed by atoms with Gasteiger partial charge in [-0.1, -0.05) is 12.1 Å². The first-order valence-electron chi connectivity index (χ1n) is 6.88. The molecule has 114 valence electrons. The largest absolute Gasteiger partial charge is 0.466 e. The number of nitrogens with zero attached hydrogens (tertiary/aromatic N) is 1. The summed E-state index contributed by atoms with van der Waals surface area (Å²) in [5.41, 5.74) is 8.14. The number of carbonyl (C=O) groups excluding carboxylic acids is 1. The molecule has 4 nitrogen and oxygen atoms in total. The van der Waals surface area contributed by atoms with Crippen molar-refractivity contribution >= 4 is 24.1 Å². The van der Waals surface area contributed by atoms with Crippen LogP contribution in [0, 0.1) is 0 Å². The quantitative estimate of drug-likeness (QED) is 0.787. The fraction of sp³-hybridized carbons (Fsp3) is 0.533. The van der Waals surface area contributed by atoms with Crippen LogP contribution in [0.3, 0.4) is 0 Å². The molecular formula is C15H25ClN2O2. The van der Waals surface area contributed by atoms with Crippen molar-refractivity contribution in [3.05, 3.63) is 29.8 Å². The topological polar surface area (TPSA) is 55.6 Å². The minimum absolute atomic E-state index is 0. The van der Waals surface area contributed by atoms with E-state index in [0.717, 1.165) is 18.7 Å². The fourth-order valence-electron chi connectivity index (χ4n) is 2.04. The van der Waals surface area contributed by atoms with E-state index in [1.165, 1.54) is 5.69 Å². The van der Waals surface area contributed by atoms with Crippen molar-refractivity contribution in [2.45, 2.75) is 33.2 Å². The summed E-state index contributed by atoms with van der Waals surface area (Å²) in [6.07, 6.45) is 0.221. The van der Waals surface area contributed by atoms with Crippen LogP contribution >= 0.6 is 12.4 Å². The molecular weight excluding hydrogens is 276 g/mol. The number of rotatable bonds is 7. The molecule has 20 heavy (non-hydrogen) atoms. The van der Waals surface area contributed by atoms with Gasteiger partial charge in [0.25, 0.3) is 0 Å². The van der Waals surface area contributed by atoms with Crippen molar-refractivity contribution in [2.24, 2.45) is 5.73 Å². The maximum atomic E-state index is 11.4. The highest BCUT2D eigenvalue weighted by Crippen LogP contribution is 2.20. The van der Waals surface area contributed by atoms with Crippen LogP contribution in [-0.2, 0) is 9.53 Å². The van der Waals surface area contributed by atoms with Crippen LogP contribution in [0.1, 0.15) is 38.8 Å². The van der Waals surface area contributed by atoms with E-state index in [1.807, 2.05) is 24.3 Å². The lowest BCUT2D eigenvalue weighted by molar-refractivity contribution is -0.143. The van der Waals surface area contributed by atoms with Crippen LogP contribution in [0.25, 0.3) is 0 Å². The van der Waals surface area contributed by atoms with Crippen molar-refractivity contribution < 1.29 is 9.53 Å². The predicted octanol–water partition coefficient (Wildman–Crippen LogP) is 2.91. The summed E-state index contributed by atoms with van der Waals surface area (Å²) in [6, 6.07) is 7.76. The first kappa shape index (κ1) is 18.7. The third-order valence-corrected chi connectivity index (χ3v) is 3.14. The van der Waals surface area contributed by atoms with Gasteiger partial charge in [-0.25, -0.2) is 0 Å². The number of nitrogens with two attached hydrogens (primary N) is 1.